The van der Waals surface area contributed by atoms with Gasteiger partial charge in [-0.15, -0.1) is 11.3 Å². The summed E-state index contributed by atoms with van der Waals surface area (Å²) in [5.41, 5.74) is 6.75. The number of thiazole rings is 1. The summed E-state index contributed by atoms with van der Waals surface area (Å²) in [5, 5.41) is 1.81. The molecule has 1 aromatic carbocycles. The second kappa shape index (κ2) is 3.94. The Hall–Kier alpha value is -0.640. The van der Waals surface area contributed by atoms with E-state index in [2.05, 4.69) is 18.8 Å². The van der Waals surface area contributed by atoms with Gasteiger partial charge in [0.25, 0.3) is 0 Å². The van der Waals surface area contributed by atoms with Crippen LogP contribution in [0.2, 0.25) is 5.02 Å². The maximum Gasteiger partial charge on any atom is 0.101 e. The molecule has 0 amide bonds. The van der Waals surface area contributed by atoms with Crippen LogP contribution >= 0.6 is 22.9 Å². The standard InChI is InChI=1S/C13H17ClN2S/c1-12(2,13(3,4)15)11-16-9-6-5-8(14)7-10(9)17-11/h5-7H,15H2,1-4H3. The molecule has 0 aliphatic carbocycles. The fourth-order valence-corrected chi connectivity index (χ4v) is 2.95. The summed E-state index contributed by atoms with van der Waals surface area (Å²) in [6.07, 6.45) is 0. The van der Waals surface area contributed by atoms with E-state index in [0.29, 0.717) is 0 Å². The zero-order valence-corrected chi connectivity index (χ0v) is 12.1. The lowest BCUT2D eigenvalue weighted by atomic mass is 9.76. The van der Waals surface area contributed by atoms with E-state index in [1.165, 1.54) is 0 Å². The highest BCUT2D eigenvalue weighted by atomic mass is 35.5. The van der Waals surface area contributed by atoms with E-state index in [4.69, 9.17) is 17.3 Å². The van der Waals surface area contributed by atoms with Crippen LogP contribution in [0.1, 0.15) is 32.7 Å². The number of hydrogen-bond acceptors (Lipinski definition) is 3. The van der Waals surface area contributed by atoms with E-state index in [9.17, 15) is 0 Å². The summed E-state index contributed by atoms with van der Waals surface area (Å²) < 4.78 is 1.12. The molecule has 0 saturated carbocycles. The van der Waals surface area contributed by atoms with E-state index < -0.39 is 0 Å². The van der Waals surface area contributed by atoms with Crippen LogP contribution in [0.15, 0.2) is 18.2 Å². The van der Waals surface area contributed by atoms with Crippen molar-refractivity contribution >= 4 is 33.2 Å². The summed E-state index contributed by atoms with van der Waals surface area (Å²) in [6.45, 7) is 8.33. The third kappa shape index (κ3) is 2.19. The predicted octanol–water partition coefficient (Wildman–Crippen LogP) is 3.96. The van der Waals surface area contributed by atoms with Crippen molar-refractivity contribution in [3.8, 4) is 0 Å². The minimum absolute atomic E-state index is 0.164. The van der Waals surface area contributed by atoms with E-state index >= 15 is 0 Å². The van der Waals surface area contributed by atoms with Gasteiger partial charge in [-0.05, 0) is 32.0 Å². The van der Waals surface area contributed by atoms with E-state index in [0.717, 1.165) is 20.2 Å². The Kier molecular flexibility index (Phi) is 2.97. The van der Waals surface area contributed by atoms with Crippen molar-refractivity contribution in [3.05, 3.63) is 28.2 Å². The molecule has 2 N–H and O–H groups in total. The monoisotopic (exact) mass is 268 g/mol. The van der Waals surface area contributed by atoms with E-state index in [1.54, 1.807) is 11.3 Å². The molecule has 2 aromatic rings. The normalized spacial score (nSPS) is 13.3. The first kappa shape index (κ1) is 12.8. The molecule has 0 aliphatic heterocycles. The number of nitrogens with two attached hydrogens (primary N) is 1. The fourth-order valence-electron chi connectivity index (χ4n) is 1.44. The van der Waals surface area contributed by atoms with Crippen LogP contribution in [-0.2, 0) is 5.41 Å². The van der Waals surface area contributed by atoms with Gasteiger partial charge in [0.15, 0.2) is 0 Å². The Bertz CT molecular complexity index is 552. The number of nitrogens with zero attached hydrogens (tertiary/aromatic N) is 1. The van der Waals surface area contributed by atoms with Gasteiger partial charge in [-0.1, -0.05) is 25.4 Å². The molecule has 4 heteroatoms. The number of aromatic nitrogens is 1. The fraction of sp³-hybridized carbons (Fsp3) is 0.462. The molecular formula is C13H17ClN2S. The molecule has 2 nitrogen and oxygen atoms in total. The van der Waals surface area contributed by atoms with Gasteiger partial charge in [-0.3, -0.25) is 0 Å². The van der Waals surface area contributed by atoms with Crippen LogP contribution in [-0.4, -0.2) is 10.5 Å². The maximum absolute atomic E-state index is 6.24. The maximum atomic E-state index is 6.24. The first-order valence-electron chi connectivity index (χ1n) is 5.57. The molecule has 2 rings (SSSR count). The van der Waals surface area contributed by atoms with Crippen molar-refractivity contribution in [2.75, 3.05) is 0 Å². The molecule has 92 valence electrons. The average molecular weight is 269 g/mol. The first-order valence-corrected chi connectivity index (χ1v) is 6.77. The quantitative estimate of drug-likeness (QED) is 0.895. The van der Waals surface area contributed by atoms with Crippen molar-refractivity contribution in [1.82, 2.24) is 4.98 Å². The van der Waals surface area contributed by atoms with Crippen LogP contribution in [0.25, 0.3) is 10.2 Å². The molecular weight excluding hydrogens is 252 g/mol. The number of hydrogen-bond donors (Lipinski definition) is 1. The third-order valence-corrected chi connectivity index (χ3v) is 5.07. The molecule has 0 spiro atoms. The Morgan fingerprint density at radius 1 is 1.24 bits per heavy atom. The van der Waals surface area contributed by atoms with E-state index in [-0.39, 0.29) is 11.0 Å². The lowest BCUT2D eigenvalue weighted by Crippen LogP contribution is -2.50. The van der Waals surface area contributed by atoms with Gasteiger partial charge in [0.2, 0.25) is 0 Å². The molecule has 0 atom stereocenters. The summed E-state index contributed by atoms with van der Waals surface area (Å²) in [4.78, 5) is 4.67. The Balaban J connectivity index is 2.57. The zero-order valence-electron chi connectivity index (χ0n) is 10.5. The number of halogens is 1. The minimum Gasteiger partial charge on any atom is -0.325 e. The summed E-state index contributed by atoms with van der Waals surface area (Å²) in [7, 11) is 0. The van der Waals surface area contributed by atoms with Gasteiger partial charge in [0.05, 0.1) is 10.2 Å². The van der Waals surface area contributed by atoms with Crippen molar-refractivity contribution in [2.45, 2.75) is 38.6 Å². The highest BCUT2D eigenvalue weighted by molar-refractivity contribution is 7.18. The van der Waals surface area contributed by atoms with Gasteiger partial charge in [0.1, 0.15) is 5.01 Å². The highest BCUT2D eigenvalue weighted by Gasteiger charge is 2.37. The molecule has 0 unspecified atom stereocenters. The molecule has 1 aromatic heterocycles. The zero-order chi connectivity index (χ0) is 12.8. The van der Waals surface area contributed by atoms with Gasteiger partial charge in [-0.2, -0.15) is 0 Å². The topological polar surface area (TPSA) is 38.9 Å². The molecule has 0 aliphatic rings. The van der Waals surface area contributed by atoms with Gasteiger partial charge >= 0.3 is 0 Å². The Morgan fingerprint density at radius 3 is 2.47 bits per heavy atom. The van der Waals surface area contributed by atoms with Gasteiger partial charge in [-0.25, -0.2) is 4.98 Å². The minimum atomic E-state index is -0.315. The third-order valence-electron chi connectivity index (χ3n) is 3.50. The number of fused-ring (bicyclic) bond motifs is 1. The van der Waals surface area contributed by atoms with Gasteiger partial charge < -0.3 is 5.73 Å². The molecule has 0 saturated heterocycles. The SMILES string of the molecule is CC(C)(N)C(C)(C)c1nc2ccc(Cl)cc2s1. The van der Waals surface area contributed by atoms with Crippen molar-refractivity contribution < 1.29 is 0 Å². The Morgan fingerprint density at radius 2 is 1.88 bits per heavy atom. The highest BCUT2D eigenvalue weighted by Crippen LogP contribution is 2.38. The molecule has 17 heavy (non-hydrogen) atoms. The van der Waals surface area contributed by atoms with Crippen molar-refractivity contribution in [1.29, 1.82) is 0 Å². The molecule has 1 heterocycles. The van der Waals surface area contributed by atoms with Crippen LogP contribution in [0, 0.1) is 0 Å². The van der Waals surface area contributed by atoms with E-state index in [1.807, 2.05) is 32.0 Å². The van der Waals surface area contributed by atoms with Crippen LogP contribution in [0.3, 0.4) is 0 Å². The molecule has 0 bridgehead atoms. The second-order valence-corrected chi connectivity index (χ2v) is 6.94. The van der Waals surface area contributed by atoms with Crippen molar-refractivity contribution in [3.63, 3.8) is 0 Å². The first-order chi connectivity index (χ1) is 7.72. The summed E-state index contributed by atoms with van der Waals surface area (Å²) in [6, 6.07) is 5.78. The number of benzene rings is 1. The second-order valence-electron chi connectivity index (χ2n) is 5.48. The van der Waals surface area contributed by atoms with Crippen LogP contribution < -0.4 is 5.73 Å². The predicted molar refractivity (Wildman–Crippen MR) is 75.9 cm³/mol. The smallest absolute Gasteiger partial charge is 0.101 e. The molecule has 0 fully saturated rings. The lowest BCUT2D eigenvalue weighted by Gasteiger charge is -2.36. The Labute approximate surface area is 111 Å². The van der Waals surface area contributed by atoms with Crippen LogP contribution in [0.5, 0.6) is 0 Å². The van der Waals surface area contributed by atoms with Gasteiger partial charge in [0, 0.05) is 16.0 Å². The summed E-state index contributed by atoms with van der Waals surface area (Å²) in [5.74, 6) is 0. The molecule has 0 radical (unpaired) electrons. The average Bonchev–Trinajstić information content (AvgIpc) is 2.58. The largest absolute Gasteiger partial charge is 0.325 e. The van der Waals surface area contributed by atoms with Crippen LogP contribution in [0.4, 0.5) is 0 Å². The van der Waals surface area contributed by atoms with Crippen molar-refractivity contribution in [2.24, 2.45) is 5.73 Å². The number of rotatable bonds is 2. The lowest BCUT2D eigenvalue weighted by molar-refractivity contribution is 0.306. The summed E-state index contributed by atoms with van der Waals surface area (Å²) >= 11 is 7.66.